The number of methoxy groups -OCH3 is 3. The zero-order chi connectivity index (χ0) is 41.1. The van der Waals surface area contributed by atoms with Crippen molar-refractivity contribution in [2.75, 3.05) is 34.5 Å². The van der Waals surface area contributed by atoms with Crippen LogP contribution in [0, 0.1) is 0 Å². The SMILES string of the molecule is COC(=O)CC1=C(C(=O)OC)C(c2c(Cl)cccc2Cl)C(C(=O)OC)=C(CCc2ccccc2OCCNC(c2ccccc2)(c2ccccc2)c2ccccc2)N1. The zero-order valence-corrected chi connectivity index (χ0v) is 33.9. The summed E-state index contributed by atoms with van der Waals surface area (Å²) in [5, 5.41) is 7.49. The van der Waals surface area contributed by atoms with Crippen LogP contribution in [0.4, 0.5) is 0 Å². The van der Waals surface area contributed by atoms with E-state index in [4.69, 9.17) is 42.1 Å². The van der Waals surface area contributed by atoms with Crippen LogP contribution in [-0.4, -0.2) is 52.4 Å². The fourth-order valence-electron chi connectivity index (χ4n) is 7.52. The van der Waals surface area contributed by atoms with E-state index in [2.05, 4.69) is 47.0 Å². The van der Waals surface area contributed by atoms with E-state index in [9.17, 15) is 14.4 Å². The molecule has 1 aliphatic heterocycles. The van der Waals surface area contributed by atoms with Crippen molar-refractivity contribution in [3.8, 4) is 5.75 Å². The largest absolute Gasteiger partial charge is 0.492 e. The molecule has 1 atom stereocenters. The number of dihydropyridines is 1. The second kappa shape index (κ2) is 19.5. The average Bonchev–Trinajstić information content (AvgIpc) is 3.26. The molecule has 0 spiro atoms. The highest BCUT2D eigenvalue weighted by Crippen LogP contribution is 2.46. The van der Waals surface area contributed by atoms with Gasteiger partial charge in [-0.05, 0) is 53.3 Å². The number of para-hydroxylation sites is 1. The Bertz CT molecular complexity index is 2180. The quantitative estimate of drug-likeness (QED) is 0.0437. The summed E-state index contributed by atoms with van der Waals surface area (Å²) in [7, 11) is 3.72. The lowest BCUT2D eigenvalue weighted by Crippen LogP contribution is -2.46. The van der Waals surface area contributed by atoms with Gasteiger partial charge in [-0.15, -0.1) is 0 Å². The number of nitrogens with one attached hydrogen (secondary N) is 2. The Balaban J connectivity index is 1.31. The summed E-state index contributed by atoms with van der Waals surface area (Å²) in [6, 6.07) is 43.6. The van der Waals surface area contributed by atoms with Gasteiger partial charge in [0.05, 0.1) is 50.4 Å². The molecule has 58 heavy (non-hydrogen) atoms. The molecule has 0 fully saturated rings. The highest BCUT2D eigenvalue weighted by Gasteiger charge is 2.42. The van der Waals surface area contributed by atoms with Crippen molar-refractivity contribution in [1.82, 2.24) is 10.6 Å². The van der Waals surface area contributed by atoms with E-state index in [1.807, 2.05) is 78.9 Å². The van der Waals surface area contributed by atoms with Gasteiger partial charge >= 0.3 is 17.9 Å². The summed E-state index contributed by atoms with van der Waals surface area (Å²) < 4.78 is 21.9. The highest BCUT2D eigenvalue weighted by atomic mass is 35.5. The summed E-state index contributed by atoms with van der Waals surface area (Å²) >= 11 is 13.5. The van der Waals surface area contributed by atoms with Crippen molar-refractivity contribution in [3.63, 3.8) is 0 Å². The lowest BCUT2D eigenvalue weighted by molar-refractivity contribution is -0.139. The van der Waals surface area contributed by atoms with E-state index in [0.717, 1.165) is 22.3 Å². The van der Waals surface area contributed by atoms with Gasteiger partial charge < -0.3 is 24.3 Å². The number of benzene rings is 5. The maximum absolute atomic E-state index is 13.8. The molecule has 1 aliphatic rings. The van der Waals surface area contributed by atoms with Crippen LogP contribution in [0.5, 0.6) is 5.75 Å². The third-order valence-corrected chi connectivity index (χ3v) is 10.8. The molecule has 0 radical (unpaired) electrons. The lowest BCUT2D eigenvalue weighted by atomic mass is 9.77. The van der Waals surface area contributed by atoms with E-state index in [1.165, 1.54) is 21.3 Å². The Morgan fingerprint density at radius 3 is 1.64 bits per heavy atom. The molecule has 9 nitrogen and oxygen atoms in total. The third-order valence-electron chi connectivity index (χ3n) is 10.2. The minimum atomic E-state index is -1.13. The van der Waals surface area contributed by atoms with Crippen LogP contribution in [0.3, 0.4) is 0 Å². The summed E-state index contributed by atoms with van der Waals surface area (Å²) in [5.41, 5.74) is 4.47. The smallest absolute Gasteiger partial charge is 0.336 e. The number of halogens is 2. The first-order chi connectivity index (χ1) is 28.2. The fourth-order valence-corrected chi connectivity index (χ4v) is 8.14. The van der Waals surface area contributed by atoms with Crippen LogP contribution in [0.15, 0.2) is 156 Å². The topological polar surface area (TPSA) is 112 Å². The number of rotatable bonds is 16. The van der Waals surface area contributed by atoms with Gasteiger partial charge in [-0.3, -0.25) is 10.1 Å². The standard InChI is InChI=1S/C47H44Cl2N2O7/c1-55-40(52)30-38-43(46(54)57-3)44(41-35(48)23-15-24-36(41)49)42(45(53)56-2)37(51-38)27-26-31-16-13-14-25-39(31)58-29-28-50-47(32-17-7-4-8-18-32,33-19-9-5-10-20-33)34-21-11-6-12-22-34/h4-25,44,50-51H,26-30H2,1-3H3. The summed E-state index contributed by atoms with van der Waals surface area (Å²) in [6.45, 7) is 0.825. The Morgan fingerprint density at radius 1 is 0.621 bits per heavy atom. The van der Waals surface area contributed by atoms with E-state index in [1.54, 1.807) is 18.2 Å². The van der Waals surface area contributed by atoms with Gasteiger partial charge in [0.15, 0.2) is 0 Å². The first kappa shape index (κ1) is 41.8. The van der Waals surface area contributed by atoms with Crippen molar-refractivity contribution in [1.29, 1.82) is 0 Å². The predicted molar refractivity (Wildman–Crippen MR) is 225 cm³/mol. The van der Waals surface area contributed by atoms with Crippen LogP contribution in [0.2, 0.25) is 10.0 Å². The monoisotopic (exact) mass is 818 g/mol. The van der Waals surface area contributed by atoms with Crippen LogP contribution >= 0.6 is 23.2 Å². The minimum Gasteiger partial charge on any atom is -0.492 e. The molecule has 2 N–H and O–H groups in total. The molecule has 1 unspecified atom stereocenters. The van der Waals surface area contributed by atoms with Crippen molar-refractivity contribution < 1.29 is 33.3 Å². The van der Waals surface area contributed by atoms with E-state index >= 15 is 0 Å². The molecular formula is C47H44Cl2N2O7. The number of ether oxygens (including phenoxy) is 4. The molecule has 6 rings (SSSR count). The van der Waals surface area contributed by atoms with Crippen molar-refractivity contribution in [2.24, 2.45) is 0 Å². The molecule has 5 aromatic rings. The van der Waals surface area contributed by atoms with Gasteiger partial charge in [-0.1, -0.05) is 138 Å². The zero-order valence-electron chi connectivity index (χ0n) is 32.4. The molecule has 0 saturated heterocycles. The molecule has 0 saturated carbocycles. The molecular weight excluding hydrogens is 775 g/mol. The van der Waals surface area contributed by atoms with Crippen molar-refractivity contribution in [2.45, 2.75) is 30.7 Å². The Morgan fingerprint density at radius 2 is 1.12 bits per heavy atom. The van der Waals surface area contributed by atoms with Gasteiger partial charge in [-0.25, -0.2) is 9.59 Å². The van der Waals surface area contributed by atoms with Crippen LogP contribution in [0.25, 0.3) is 0 Å². The molecule has 0 aliphatic carbocycles. The molecule has 0 amide bonds. The van der Waals surface area contributed by atoms with E-state index in [-0.39, 0.29) is 39.7 Å². The maximum Gasteiger partial charge on any atom is 0.336 e. The molecule has 0 bridgehead atoms. The molecule has 0 aromatic heterocycles. The minimum absolute atomic E-state index is 0.0131. The number of allylic oxidation sites excluding steroid dienone is 1. The van der Waals surface area contributed by atoms with Gasteiger partial charge in [0.25, 0.3) is 0 Å². The summed E-state index contributed by atoms with van der Waals surface area (Å²) in [6.07, 6.45) is 0.330. The first-order valence-electron chi connectivity index (χ1n) is 18.8. The molecule has 298 valence electrons. The Labute approximate surface area is 348 Å². The number of aryl methyl sites for hydroxylation is 1. The van der Waals surface area contributed by atoms with Gasteiger partial charge in [-0.2, -0.15) is 0 Å². The van der Waals surface area contributed by atoms with Crippen LogP contribution < -0.4 is 15.4 Å². The average molecular weight is 820 g/mol. The normalized spacial score (nSPS) is 14.1. The third kappa shape index (κ3) is 8.97. The van der Waals surface area contributed by atoms with Gasteiger partial charge in [0.2, 0.25) is 0 Å². The predicted octanol–water partition coefficient (Wildman–Crippen LogP) is 8.69. The Kier molecular flexibility index (Phi) is 14.1. The molecule has 11 heteroatoms. The molecule has 5 aromatic carbocycles. The summed E-state index contributed by atoms with van der Waals surface area (Å²) in [5.74, 6) is -2.57. The van der Waals surface area contributed by atoms with E-state index in [0.29, 0.717) is 36.6 Å². The van der Waals surface area contributed by atoms with Crippen molar-refractivity contribution >= 4 is 41.1 Å². The number of hydrogen-bond acceptors (Lipinski definition) is 9. The maximum atomic E-state index is 13.8. The molecule has 1 heterocycles. The second-order valence-electron chi connectivity index (χ2n) is 13.4. The van der Waals surface area contributed by atoms with Gasteiger partial charge in [0, 0.05) is 33.5 Å². The highest BCUT2D eigenvalue weighted by molar-refractivity contribution is 6.36. The van der Waals surface area contributed by atoms with Crippen molar-refractivity contribution in [3.05, 3.63) is 194 Å². The number of carbonyl (C=O) groups is 3. The second-order valence-corrected chi connectivity index (χ2v) is 14.3. The lowest BCUT2D eigenvalue weighted by Gasteiger charge is -2.37. The van der Waals surface area contributed by atoms with Crippen LogP contribution in [0.1, 0.15) is 46.6 Å². The first-order valence-corrected chi connectivity index (χ1v) is 19.5. The van der Waals surface area contributed by atoms with E-state index < -0.39 is 29.4 Å². The van der Waals surface area contributed by atoms with Gasteiger partial charge in [0.1, 0.15) is 12.4 Å². The number of esters is 3. The van der Waals surface area contributed by atoms with Crippen LogP contribution in [-0.2, 0) is 40.6 Å². The fraction of sp³-hybridized carbons (Fsp3) is 0.213. The number of hydrogen-bond donors (Lipinski definition) is 2. The summed E-state index contributed by atoms with van der Waals surface area (Å²) in [4.78, 5) is 40.0. The Hall–Kier alpha value is -5.87. The number of carbonyl (C=O) groups excluding carboxylic acids is 3.